The van der Waals surface area contributed by atoms with E-state index in [2.05, 4.69) is 26.1 Å². The van der Waals surface area contributed by atoms with Gasteiger partial charge in [-0.2, -0.15) is 0 Å². The molecule has 0 aromatic carbocycles. The molecule has 0 aromatic heterocycles. The van der Waals surface area contributed by atoms with Gasteiger partial charge in [-0.25, -0.2) is 0 Å². The first-order valence-electron chi connectivity index (χ1n) is 13.0. The SMILES string of the molecule is C[C@H](CCC(=O)NCCN)[C@H]1CC[C@H]2[C@@H]3C(O)CC4CC(O)CC[C@]4(C)[C@H]3CC[C@]12C. The standard InChI is InChI=1S/C26H46N2O3/c1-16(4-7-23(31)28-13-12-27)19-5-6-20-24-21(9-11-26(19,20)3)25(2)10-8-18(29)14-17(25)15-22(24)30/h16-22,24,29-30H,4-15,27H2,1-3H3,(H,28,31)/t16-,17?,18?,19-,20+,21+,22?,24+,25+,26-/m1/s1. The zero-order valence-electron chi connectivity index (χ0n) is 20.0. The van der Waals surface area contributed by atoms with Gasteiger partial charge < -0.3 is 21.3 Å². The minimum atomic E-state index is -0.214. The second-order valence-corrected chi connectivity index (χ2v) is 12.1. The molecule has 5 N–H and O–H groups in total. The van der Waals surface area contributed by atoms with Crippen LogP contribution >= 0.6 is 0 Å². The first kappa shape index (κ1) is 23.5. The highest BCUT2D eigenvalue weighted by Crippen LogP contribution is 2.68. The van der Waals surface area contributed by atoms with Crippen LogP contribution in [0.1, 0.15) is 85.0 Å². The van der Waals surface area contributed by atoms with Crippen molar-refractivity contribution in [1.29, 1.82) is 0 Å². The first-order valence-corrected chi connectivity index (χ1v) is 13.0. The summed E-state index contributed by atoms with van der Waals surface area (Å²) >= 11 is 0. The number of hydrogen-bond acceptors (Lipinski definition) is 4. The van der Waals surface area contributed by atoms with Gasteiger partial charge in [0.2, 0.25) is 5.91 Å². The van der Waals surface area contributed by atoms with Gasteiger partial charge in [-0.05, 0) is 104 Å². The molecule has 0 spiro atoms. The molecular formula is C26H46N2O3. The van der Waals surface area contributed by atoms with Crippen molar-refractivity contribution in [3.63, 3.8) is 0 Å². The maximum absolute atomic E-state index is 12.1. The summed E-state index contributed by atoms with van der Waals surface area (Å²) in [6.45, 7) is 8.38. The van der Waals surface area contributed by atoms with E-state index in [1.54, 1.807) is 0 Å². The summed E-state index contributed by atoms with van der Waals surface area (Å²) in [5, 5.41) is 24.5. The van der Waals surface area contributed by atoms with Crippen molar-refractivity contribution >= 4 is 5.91 Å². The van der Waals surface area contributed by atoms with Crippen molar-refractivity contribution in [3.05, 3.63) is 0 Å². The van der Waals surface area contributed by atoms with Crippen molar-refractivity contribution in [3.8, 4) is 0 Å². The zero-order chi connectivity index (χ0) is 22.4. The first-order chi connectivity index (χ1) is 14.7. The number of nitrogens with one attached hydrogen (secondary N) is 1. The molecule has 4 aliphatic carbocycles. The van der Waals surface area contributed by atoms with Gasteiger partial charge in [0.05, 0.1) is 12.2 Å². The van der Waals surface area contributed by atoms with Crippen molar-refractivity contribution in [2.45, 2.75) is 97.2 Å². The second kappa shape index (κ2) is 8.95. The number of aliphatic hydroxyl groups is 2. The molecule has 1 amide bonds. The normalized spacial score (nSPS) is 47.7. The molecule has 31 heavy (non-hydrogen) atoms. The van der Waals surface area contributed by atoms with Crippen molar-refractivity contribution in [1.82, 2.24) is 5.32 Å². The van der Waals surface area contributed by atoms with Crippen LogP contribution in [0.5, 0.6) is 0 Å². The molecule has 4 rings (SSSR count). The minimum Gasteiger partial charge on any atom is -0.393 e. The third kappa shape index (κ3) is 4.08. The predicted molar refractivity (Wildman–Crippen MR) is 123 cm³/mol. The molecule has 178 valence electrons. The quantitative estimate of drug-likeness (QED) is 0.515. The molecule has 0 radical (unpaired) electrons. The van der Waals surface area contributed by atoms with Crippen LogP contribution < -0.4 is 11.1 Å². The van der Waals surface area contributed by atoms with E-state index in [1.165, 1.54) is 25.7 Å². The fraction of sp³-hybridized carbons (Fsp3) is 0.962. The molecule has 3 unspecified atom stereocenters. The van der Waals surface area contributed by atoms with Crippen molar-refractivity contribution < 1.29 is 15.0 Å². The average molecular weight is 435 g/mol. The molecule has 4 aliphatic rings. The fourth-order valence-corrected chi connectivity index (χ4v) is 9.04. The molecular weight excluding hydrogens is 388 g/mol. The van der Waals surface area contributed by atoms with Gasteiger partial charge in [0, 0.05) is 19.5 Å². The highest BCUT2D eigenvalue weighted by molar-refractivity contribution is 5.75. The third-order valence-electron chi connectivity index (χ3n) is 10.7. The number of aliphatic hydroxyl groups excluding tert-OH is 2. The van der Waals surface area contributed by atoms with Crippen molar-refractivity contribution in [2.75, 3.05) is 13.1 Å². The monoisotopic (exact) mass is 434 g/mol. The summed E-state index contributed by atoms with van der Waals surface area (Å²) in [5.41, 5.74) is 6.07. The average Bonchev–Trinajstić information content (AvgIpc) is 3.09. The molecule has 5 nitrogen and oxygen atoms in total. The summed E-state index contributed by atoms with van der Waals surface area (Å²) in [4.78, 5) is 12.1. The molecule has 0 aromatic rings. The van der Waals surface area contributed by atoms with E-state index in [4.69, 9.17) is 5.73 Å². The van der Waals surface area contributed by atoms with Crippen LogP contribution in [-0.4, -0.2) is 41.4 Å². The van der Waals surface area contributed by atoms with Crippen LogP contribution in [0.4, 0.5) is 0 Å². The molecule has 4 saturated carbocycles. The highest BCUT2D eigenvalue weighted by atomic mass is 16.3. The Morgan fingerprint density at radius 2 is 1.77 bits per heavy atom. The molecule has 10 atom stereocenters. The number of hydrogen-bond donors (Lipinski definition) is 4. The van der Waals surface area contributed by atoms with Gasteiger partial charge in [0.25, 0.3) is 0 Å². The molecule has 0 saturated heterocycles. The lowest BCUT2D eigenvalue weighted by molar-refractivity contribution is -0.174. The Balaban J connectivity index is 1.46. The summed E-state index contributed by atoms with van der Waals surface area (Å²) in [6, 6.07) is 0. The molecule has 0 bridgehead atoms. The van der Waals surface area contributed by atoms with Gasteiger partial charge in [-0.15, -0.1) is 0 Å². The maximum Gasteiger partial charge on any atom is 0.220 e. The van der Waals surface area contributed by atoms with Crippen LogP contribution in [-0.2, 0) is 4.79 Å². The number of fused-ring (bicyclic) bond motifs is 5. The lowest BCUT2D eigenvalue weighted by atomic mass is 9.43. The molecule has 0 heterocycles. The van der Waals surface area contributed by atoms with Crippen LogP contribution in [0, 0.1) is 46.3 Å². The van der Waals surface area contributed by atoms with Gasteiger partial charge in [0.15, 0.2) is 0 Å². The lowest BCUT2D eigenvalue weighted by Gasteiger charge is -2.62. The molecule has 0 aliphatic heterocycles. The Labute approximate surface area is 188 Å². The van der Waals surface area contributed by atoms with Crippen molar-refractivity contribution in [2.24, 2.45) is 52.1 Å². The molecule has 4 fully saturated rings. The van der Waals surface area contributed by atoms with E-state index < -0.39 is 0 Å². The summed E-state index contributed by atoms with van der Waals surface area (Å²) in [7, 11) is 0. The van der Waals surface area contributed by atoms with E-state index in [9.17, 15) is 15.0 Å². The number of rotatable bonds is 6. The van der Waals surface area contributed by atoms with Gasteiger partial charge >= 0.3 is 0 Å². The third-order valence-corrected chi connectivity index (χ3v) is 10.7. The van der Waals surface area contributed by atoms with Crippen LogP contribution in [0.25, 0.3) is 0 Å². The number of carbonyl (C=O) groups excluding carboxylic acids is 1. The van der Waals surface area contributed by atoms with Gasteiger partial charge in [-0.3, -0.25) is 4.79 Å². The minimum absolute atomic E-state index is 0.127. The Hall–Kier alpha value is -0.650. The Bertz CT molecular complexity index is 657. The Morgan fingerprint density at radius 1 is 1.06 bits per heavy atom. The van der Waals surface area contributed by atoms with E-state index in [0.717, 1.165) is 32.1 Å². The number of carbonyl (C=O) groups is 1. The van der Waals surface area contributed by atoms with E-state index in [1.807, 2.05) is 0 Å². The summed E-state index contributed by atoms with van der Waals surface area (Å²) in [6.07, 6.45) is 9.90. The topological polar surface area (TPSA) is 95.6 Å². The van der Waals surface area contributed by atoms with E-state index in [0.29, 0.717) is 55.0 Å². The maximum atomic E-state index is 12.1. The second-order valence-electron chi connectivity index (χ2n) is 12.1. The van der Waals surface area contributed by atoms with Crippen LogP contribution in [0.15, 0.2) is 0 Å². The smallest absolute Gasteiger partial charge is 0.220 e. The van der Waals surface area contributed by atoms with Crippen LogP contribution in [0.3, 0.4) is 0 Å². The predicted octanol–water partition coefficient (Wildman–Crippen LogP) is 3.47. The fourth-order valence-electron chi connectivity index (χ4n) is 9.04. The van der Waals surface area contributed by atoms with Gasteiger partial charge in [-0.1, -0.05) is 20.8 Å². The van der Waals surface area contributed by atoms with Gasteiger partial charge in [0.1, 0.15) is 0 Å². The lowest BCUT2D eigenvalue weighted by Crippen LogP contribution is -2.58. The summed E-state index contributed by atoms with van der Waals surface area (Å²) in [5.74, 6) is 3.39. The highest BCUT2D eigenvalue weighted by Gasteiger charge is 2.62. The summed E-state index contributed by atoms with van der Waals surface area (Å²) < 4.78 is 0. The van der Waals surface area contributed by atoms with E-state index >= 15 is 0 Å². The Kier molecular flexibility index (Phi) is 6.78. The number of amides is 1. The van der Waals surface area contributed by atoms with Crippen LogP contribution in [0.2, 0.25) is 0 Å². The number of nitrogens with two attached hydrogens (primary N) is 1. The zero-order valence-corrected chi connectivity index (χ0v) is 20.0. The Morgan fingerprint density at radius 3 is 2.52 bits per heavy atom. The van der Waals surface area contributed by atoms with E-state index in [-0.39, 0.29) is 28.9 Å². The largest absolute Gasteiger partial charge is 0.393 e. The molecule has 5 heteroatoms.